The number of anilines is 1. The first-order valence-corrected chi connectivity index (χ1v) is 12.2. The predicted molar refractivity (Wildman–Crippen MR) is 140 cm³/mol. The van der Waals surface area contributed by atoms with Gasteiger partial charge in [0.05, 0.1) is 25.5 Å². The largest absolute Gasteiger partial charge is 0.495 e. The van der Waals surface area contributed by atoms with Crippen LogP contribution in [-0.4, -0.2) is 55.7 Å². The number of nitrogens with zero attached hydrogens (tertiary/aromatic N) is 2. The number of urea groups is 1. The molecule has 184 valence electrons. The zero-order valence-electron chi connectivity index (χ0n) is 20.2. The highest BCUT2D eigenvalue weighted by molar-refractivity contribution is 6.30. The normalized spacial score (nSPS) is 15.0. The Hall–Kier alpha value is -3.06. The Kier molecular flexibility index (Phi) is 8.64. The summed E-state index contributed by atoms with van der Waals surface area (Å²) < 4.78 is 11.7. The number of methoxy groups -OCH3 is 1. The molecule has 0 radical (unpaired) electrons. The van der Waals surface area contributed by atoms with Gasteiger partial charge >= 0.3 is 6.03 Å². The van der Waals surface area contributed by atoms with Gasteiger partial charge in [0.25, 0.3) is 0 Å². The average Bonchev–Trinajstić information content (AvgIpc) is 2.88. The number of para-hydroxylation sites is 2. The molecule has 0 spiro atoms. The van der Waals surface area contributed by atoms with E-state index in [0.717, 1.165) is 30.8 Å². The zero-order chi connectivity index (χ0) is 24.6. The van der Waals surface area contributed by atoms with Gasteiger partial charge < -0.3 is 19.7 Å². The second-order valence-electron chi connectivity index (χ2n) is 8.76. The van der Waals surface area contributed by atoms with Crippen LogP contribution in [0.3, 0.4) is 0 Å². The number of ether oxygens (including phenoxy) is 2. The second kappa shape index (κ2) is 12.1. The van der Waals surface area contributed by atoms with Gasteiger partial charge in [0.1, 0.15) is 5.75 Å². The molecule has 0 saturated carbocycles. The lowest BCUT2D eigenvalue weighted by atomic mass is 10.1. The summed E-state index contributed by atoms with van der Waals surface area (Å²) in [6.07, 6.45) is -0.0956. The highest BCUT2D eigenvalue weighted by Crippen LogP contribution is 2.25. The van der Waals surface area contributed by atoms with Crippen molar-refractivity contribution in [3.63, 3.8) is 0 Å². The number of halogens is 1. The molecule has 7 heteroatoms. The molecule has 0 aliphatic carbocycles. The van der Waals surface area contributed by atoms with E-state index in [9.17, 15) is 4.79 Å². The summed E-state index contributed by atoms with van der Waals surface area (Å²) in [5.74, 6) is 0.649. The van der Waals surface area contributed by atoms with E-state index in [2.05, 4.69) is 41.4 Å². The maximum absolute atomic E-state index is 12.8. The first-order valence-electron chi connectivity index (χ1n) is 11.9. The number of aryl methyl sites for hydroxylation is 1. The highest BCUT2D eigenvalue weighted by atomic mass is 35.5. The molecular formula is C28H32ClN3O3. The number of carbonyl (C=O) groups is 1. The lowest BCUT2D eigenvalue weighted by Crippen LogP contribution is -2.50. The number of rotatable bonds is 8. The minimum absolute atomic E-state index is 0.0956. The maximum Gasteiger partial charge on any atom is 0.322 e. The van der Waals surface area contributed by atoms with Crippen LogP contribution in [0.1, 0.15) is 22.8 Å². The van der Waals surface area contributed by atoms with Gasteiger partial charge in [-0.3, -0.25) is 4.90 Å². The Morgan fingerprint density at radius 1 is 1.00 bits per heavy atom. The number of nitrogens with one attached hydrogen (secondary N) is 1. The molecule has 1 aliphatic rings. The fourth-order valence-corrected chi connectivity index (χ4v) is 4.37. The molecule has 1 saturated heterocycles. The Morgan fingerprint density at radius 2 is 1.74 bits per heavy atom. The summed E-state index contributed by atoms with van der Waals surface area (Å²) in [5.41, 5.74) is 4.15. The van der Waals surface area contributed by atoms with Gasteiger partial charge in [-0.25, -0.2) is 4.79 Å². The summed E-state index contributed by atoms with van der Waals surface area (Å²) in [6.45, 7) is 6.21. The third-order valence-corrected chi connectivity index (χ3v) is 6.46. The van der Waals surface area contributed by atoms with Crippen molar-refractivity contribution in [2.24, 2.45) is 0 Å². The SMILES string of the molecule is COc1ccccc1NC(=O)N1CCN(C[C@H](OCc2cccc(C)c2)c2ccc(Cl)cc2)CC1. The van der Waals surface area contributed by atoms with Gasteiger partial charge in [-0.1, -0.05) is 65.7 Å². The van der Waals surface area contributed by atoms with Gasteiger partial charge in [-0.05, 0) is 42.3 Å². The van der Waals surface area contributed by atoms with Gasteiger partial charge in [0.2, 0.25) is 0 Å². The molecular weight excluding hydrogens is 462 g/mol. The molecule has 0 unspecified atom stereocenters. The van der Waals surface area contributed by atoms with Crippen molar-refractivity contribution in [2.75, 3.05) is 45.2 Å². The molecule has 1 atom stereocenters. The first-order chi connectivity index (χ1) is 17.0. The number of benzene rings is 3. The quantitative estimate of drug-likeness (QED) is 0.433. The molecule has 1 heterocycles. The van der Waals surface area contributed by atoms with E-state index in [4.69, 9.17) is 21.1 Å². The number of hydrogen-bond acceptors (Lipinski definition) is 4. The van der Waals surface area contributed by atoms with Crippen molar-refractivity contribution in [3.8, 4) is 5.75 Å². The molecule has 1 fully saturated rings. The number of carbonyl (C=O) groups excluding carboxylic acids is 1. The van der Waals surface area contributed by atoms with Crippen LogP contribution in [0.5, 0.6) is 5.75 Å². The molecule has 35 heavy (non-hydrogen) atoms. The Morgan fingerprint density at radius 3 is 2.46 bits per heavy atom. The zero-order valence-corrected chi connectivity index (χ0v) is 21.0. The summed E-state index contributed by atoms with van der Waals surface area (Å²) >= 11 is 6.12. The summed E-state index contributed by atoms with van der Waals surface area (Å²) in [4.78, 5) is 17.0. The molecule has 0 bridgehead atoms. The molecule has 4 rings (SSSR count). The molecule has 6 nitrogen and oxygen atoms in total. The Balaban J connectivity index is 1.35. The number of hydrogen-bond donors (Lipinski definition) is 1. The lowest BCUT2D eigenvalue weighted by molar-refractivity contribution is 0.00592. The summed E-state index contributed by atoms with van der Waals surface area (Å²) in [5, 5.41) is 3.68. The van der Waals surface area contributed by atoms with E-state index >= 15 is 0 Å². The van der Waals surface area contributed by atoms with Gasteiger partial charge in [-0.15, -0.1) is 0 Å². The molecule has 1 N–H and O–H groups in total. The van der Waals surface area contributed by atoms with Crippen molar-refractivity contribution in [1.82, 2.24) is 9.80 Å². The first kappa shape index (κ1) is 25.0. The Labute approximate surface area is 212 Å². The topological polar surface area (TPSA) is 54.0 Å². The highest BCUT2D eigenvalue weighted by Gasteiger charge is 2.25. The van der Waals surface area contributed by atoms with Gasteiger partial charge in [0.15, 0.2) is 0 Å². The monoisotopic (exact) mass is 493 g/mol. The van der Waals surface area contributed by atoms with E-state index in [1.54, 1.807) is 7.11 Å². The molecule has 0 aromatic heterocycles. The Bertz CT molecular complexity index is 1110. The third kappa shape index (κ3) is 6.98. The maximum atomic E-state index is 12.8. The van der Waals surface area contributed by atoms with Crippen LogP contribution in [-0.2, 0) is 11.3 Å². The fraction of sp³-hybridized carbons (Fsp3) is 0.321. The van der Waals surface area contributed by atoms with E-state index in [-0.39, 0.29) is 12.1 Å². The van der Waals surface area contributed by atoms with Crippen LogP contribution in [0.2, 0.25) is 5.02 Å². The van der Waals surface area contributed by atoms with Crippen molar-refractivity contribution in [3.05, 3.63) is 94.5 Å². The molecule has 1 aliphatic heterocycles. The van der Waals surface area contributed by atoms with E-state index in [1.807, 2.05) is 53.4 Å². The molecule has 3 aromatic rings. The van der Waals surface area contributed by atoms with Crippen LogP contribution in [0.15, 0.2) is 72.8 Å². The minimum Gasteiger partial charge on any atom is -0.495 e. The second-order valence-corrected chi connectivity index (χ2v) is 9.19. The molecule has 2 amide bonds. The van der Waals surface area contributed by atoms with Crippen molar-refractivity contribution < 1.29 is 14.3 Å². The predicted octanol–water partition coefficient (Wildman–Crippen LogP) is 5.76. The van der Waals surface area contributed by atoms with Crippen LogP contribution < -0.4 is 10.1 Å². The smallest absolute Gasteiger partial charge is 0.322 e. The summed E-state index contributed by atoms with van der Waals surface area (Å²) in [6, 6.07) is 23.6. The van der Waals surface area contributed by atoms with Crippen LogP contribution in [0.4, 0.5) is 10.5 Å². The van der Waals surface area contributed by atoms with E-state index in [1.165, 1.54) is 5.56 Å². The lowest BCUT2D eigenvalue weighted by Gasteiger charge is -2.36. The average molecular weight is 494 g/mol. The van der Waals surface area contributed by atoms with Crippen molar-refractivity contribution >= 4 is 23.3 Å². The van der Waals surface area contributed by atoms with E-state index in [0.29, 0.717) is 36.2 Å². The summed E-state index contributed by atoms with van der Waals surface area (Å²) in [7, 11) is 1.60. The van der Waals surface area contributed by atoms with Gasteiger partial charge in [-0.2, -0.15) is 0 Å². The van der Waals surface area contributed by atoms with Crippen LogP contribution in [0, 0.1) is 6.92 Å². The number of piperazine rings is 1. The minimum atomic E-state index is -0.112. The van der Waals surface area contributed by atoms with Crippen molar-refractivity contribution in [1.29, 1.82) is 0 Å². The standard InChI is InChI=1S/C28H32ClN3O3/c1-21-6-5-7-22(18-21)20-35-27(23-10-12-24(29)13-11-23)19-31-14-16-32(17-15-31)28(33)30-25-8-3-4-9-26(25)34-2/h3-13,18,27H,14-17,19-20H2,1-2H3,(H,30,33)/t27-/m0/s1. The molecule has 3 aromatic carbocycles. The van der Waals surface area contributed by atoms with Crippen LogP contribution >= 0.6 is 11.6 Å². The third-order valence-electron chi connectivity index (χ3n) is 6.21. The fourth-order valence-electron chi connectivity index (χ4n) is 4.24. The van der Waals surface area contributed by atoms with E-state index < -0.39 is 0 Å². The number of amides is 2. The van der Waals surface area contributed by atoms with Crippen molar-refractivity contribution in [2.45, 2.75) is 19.6 Å². The van der Waals surface area contributed by atoms with Gasteiger partial charge in [0, 0.05) is 37.7 Å². The van der Waals surface area contributed by atoms with Crippen LogP contribution in [0.25, 0.3) is 0 Å².